The maximum Gasteiger partial charge on any atom is 0.276 e. The number of anilines is 1. The van der Waals surface area contributed by atoms with Crippen molar-refractivity contribution in [2.45, 2.75) is 39.2 Å². The van der Waals surface area contributed by atoms with Gasteiger partial charge in [0.25, 0.3) is 5.91 Å². The second kappa shape index (κ2) is 8.87. The van der Waals surface area contributed by atoms with Crippen LogP contribution in [0.15, 0.2) is 36.4 Å². The van der Waals surface area contributed by atoms with Gasteiger partial charge in [-0.25, -0.2) is 13.5 Å². The number of aryl methyl sites for hydroxylation is 2. The van der Waals surface area contributed by atoms with Crippen LogP contribution in [-0.2, 0) is 17.6 Å². The van der Waals surface area contributed by atoms with Gasteiger partial charge in [-0.3, -0.25) is 9.59 Å². The number of hydrogen-bond donors (Lipinski definition) is 1. The van der Waals surface area contributed by atoms with Gasteiger partial charge in [-0.05, 0) is 68.5 Å². The van der Waals surface area contributed by atoms with Crippen LogP contribution in [0.25, 0.3) is 5.69 Å². The summed E-state index contributed by atoms with van der Waals surface area (Å²) in [4.78, 5) is 28.2. The average Bonchev–Trinajstić information content (AvgIpc) is 3.54. The normalized spacial score (nSPS) is 17.2. The summed E-state index contributed by atoms with van der Waals surface area (Å²) in [5.41, 5.74) is 5.21. The number of aromatic nitrogens is 2. The van der Waals surface area contributed by atoms with Crippen LogP contribution in [0.1, 0.15) is 39.3 Å². The first kappa shape index (κ1) is 22.6. The molecule has 1 atom stereocenters. The fraction of sp³-hybridized carbons (Fsp3) is 0.320. The third-order valence-electron chi connectivity index (χ3n) is 6.50. The van der Waals surface area contributed by atoms with Crippen LogP contribution in [0.3, 0.4) is 0 Å². The van der Waals surface area contributed by atoms with E-state index >= 15 is 0 Å². The molecule has 3 aromatic rings. The number of rotatable bonds is 4. The van der Waals surface area contributed by atoms with Gasteiger partial charge in [-0.1, -0.05) is 6.07 Å². The topological polar surface area (TPSA) is 67.2 Å². The lowest BCUT2D eigenvalue weighted by molar-refractivity contribution is -0.119. The SMILES string of the molecule is Cc1ccc(NC(=O)C2CSCN2C(=O)c2nn(-c3ccc(F)c(F)c3)c3c2CCC3)cc1C. The van der Waals surface area contributed by atoms with E-state index < -0.39 is 17.7 Å². The van der Waals surface area contributed by atoms with Crippen LogP contribution in [0.5, 0.6) is 0 Å². The Balaban J connectivity index is 1.42. The molecule has 0 saturated carbocycles. The lowest BCUT2D eigenvalue weighted by atomic mass is 10.1. The Morgan fingerprint density at radius 2 is 1.88 bits per heavy atom. The van der Waals surface area contributed by atoms with Crippen molar-refractivity contribution >= 4 is 29.3 Å². The molecule has 6 nitrogen and oxygen atoms in total. The lowest BCUT2D eigenvalue weighted by Gasteiger charge is -2.23. The van der Waals surface area contributed by atoms with Crippen molar-refractivity contribution in [3.63, 3.8) is 0 Å². The summed E-state index contributed by atoms with van der Waals surface area (Å²) in [7, 11) is 0. The Morgan fingerprint density at radius 3 is 2.65 bits per heavy atom. The molecule has 2 aromatic carbocycles. The van der Waals surface area contributed by atoms with Crippen LogP contribution >= 0.6 is 11.8 Å². The van der Waals surface area contributed by atoms with Crippen molar-refractivity contribution in [1.29, 1.82) is 0 Å². The molecule has 34 heavy (non-hydrogen) atoms. The molecular formula is C25H24F2N4O2S. The van der Waals surface area contributed by atoms with Crippen LogP contribution in [0, 0.1) is 25.5 Å². The molecule has 1 saturated heterocycles. The predicted octanol–water partition coefficient (Wildman–Crippen LogP) is 4.41. The zero-order chi connectivity index (χ0) is 24.0. The number of amides is 2. The highest BCUT2D eigenvalue weighted by molar-refractivity contribution is 7.99. The van der Waals surface area contributed by atoms with Gasteiger partial charge in [0, 0.05) is 28.8 Å². The molecular weight excluding hydrogens is 458 g/mol. The van der Waals surface area contributed by atoms with Crippen LogP contribution < -0.4 is 5.32 Å². The molecule has 2 heterocycles. The van der Waals surface area contributed by atoms with E-state index in [-0.39, 0.29) is 17.5 Å². The summed E-state index contributed by atoms with van der Waals surface area (Å²) < 4.78 is 28.8. The molecule has 9 heteroatoms. The summed E-state index contributed by atoms with van der Waals surface area (Å²) in [6.45, 7) is 3.99. The van der Waals surface area contributed by atoms with Crippen molar-refractivity contribution in [2.24, 2.45) is 0 Å². The minimum Gasteiger partial charge on any atom is -0.324 e. The number of benzene rings is 2. The van der Waals surface area contributed by atoms with Crippen LogP contribution in [0.4, 0.5) is 14.5 Å². The molecule has 1 N–H and O–H groups in total. The standard InChI is InChI=1S/C25H24F2N4O2S/c1-14-6-7-16(10-15(14)2)28-24(32)22-12-34-13-30(22)25(33)23-18-4-3-5-21(18)31(29-23)17-8-9-19(26)20(27)11-17/h6-11,22H,3-5,12-13H2,1-2H3,(H,28,32). The molecule has 5 rings (SSSR count). The van der Waals surface area contributed by atoms with Gasteiger partial charge in [0.15, 0.2) is 17.3 Å². The number of halogens is 2. The molecule has 0 radical (unpaired) electrons. The first-order chi connectivity index (χ1) is 16.3. The minimum atomic E-state index is -0.966. The Bertz CT molecular complexity index is 1310. The fourth-order valence-corrected chi connectivity index (χ4v) is 5.63. The summed E-state index contributed by atoms with van der Waals surface area (Å²) in [6, 6.07) is 8.68. The number of carbonyl (C=O) groups excluding carboxylic acids is 2. The van der Waals surface area contributed by atoms with Gasteiger partial charge < -0.3 is 10.2 Å². The first-order valence-electron chi connectivity index (χ1n) is 11.2. The van der Waals surface area contributed by atoms with E-state index in [0.717, 1.165) is 40.9 Å². The van der Waals surface area contributed by atoms with E-state index in [1.54, 1.807) is 4.90 Å². The maximum atomic E-state index is 13.9. The zero-order valence-corrected chi connectivity index (χ0v) is 19.7. The van der Waals surface area contributed by atoms with Gasteiger partial charge in [0.1, 0.15) is 6.04 Å². The van der Waals surface area contributed by atoms with Gasteiger partial charge >= 0.3 is 0 Å². The second-order valence-electron chi connectivity index (χ2n) is 8.72. The van der Waals surface area contributed by atoms with E-state index in [1.165, 1.54) is 22.5 Å². The average molecular weight is 483 g/mol. The van der Waals surface area contributed by atoms with Gasteiger partial charge in [-0.2, -0.15) is 5.10 Å². The molecule has 2 amide bonds. The highest BCUT2D eigenvalue weighted by Gasteiger charge is 2.38. The Labute approximate surface area is 200 Å². The van der Waals surface area contributed by atoms with Crippen molar-refractivity contribution in [1.82, 2.24) is 14.7 Å². The van der Waals surface area contributed by atoms with E-state index in [4.69, 9.17) is 0 Å². The summed E-state index contributed by atoms with van der Waals surface area (Å²) in [5, 5.41) is 7.45. The first-order valence-corrected chi connectivity index (χ1v) is 12.3. The van der Waals surface area contributed by atoms with Crippen LogP contribution in [0.2, 0.25) is 0 Å². The predicted molar refractivity (Wildman–Crippen MR) is 127 cm³/mol. The van der Waals surface area contributed by atoms with Crippen molar-refractivity contribution in [2.75, 3.05) is 16.9 Å². The lowest BCUT2D eigenvalue weighted by Crippen LogP contribution is -2.45. The number of carbonyl (C=O) groups is 2. The Hall–Kier alpha value is -3.20. The largest absolute Gasteiger partial charge is 0.324 e. The quantitative estimate of drug-likeness (QED) is 0.598. The molecule has 1 aliphatic carbocycles. The Kier molecular flexibility index (Phi) is 5.89. The third-order valence-corrected chi connectivity index (χ3v) is 7.51. The molecule has 1 aliphatic heterocycles. The van der Waals surface area contributed by atoms with Crippen LogP contribution in [-0.4, -0.2) is 44.2 Å². The van der Waals surface area contributed by atoms with Crippen molar-refractivity contribution in [3.05, 3.63) is 76.1 Å². The summed E-state index contributed by atoms with van der Waals surface area (Å²) >= 11 is 1.52. The van der Waals surface area contributed by atoms with Crippen molar-refractivity contribution < 1.29 is 18.4 Å². The third kappa shape index (κ3) is 3.98. The second-order valence-corrected chi connectivity index (χ2v) is 9.72. The zero-order valence-electron chi connectivity index (χ0n) is 18.9. The van der Waals surface area contributed by atoms with Gasteiger partial charge in [0.05, 0.1) is 11.6 Å². The molecule has 0 spiro atoms. The fourth-order valence-electron chi connectivity index (χ4n) is 4.48. The van der Waals surface area contributed by atoms with E-state index in [9.17, 15) is 18.4 Å². The molecule has 0 bridgehead atoms. The molecule has 2 aliphatic rings. The smallest absolute Gasteiger partial charge is 0.276 e. The number of thioether (sulfide) groups is 1. The highest BCUT2D eigenvalue weighted by atomic mass is 32.2. The van der Waals surface area contributed by atoms with Gasteiger partial charge in [-0.15, -0.1) is 11.8 Å². The molecule has 176 valence electrons. The highest BCUT2D eigenvalue weighted by Crippen LogP contribution is 2.31. The maximum absolute atomic E-state index is 13.9. The molecule has 1 aromatic heterocycles. The van der Waals surface area contributed by atoms with Gasteiger partial charge in [0.2, 0.25) is 5.91 Å². The number of nitrogens with zero attached hydrogens (tertiary/aromatic N) is 3. The summed E-state index contributed by atoms with van der Waals surface area (Å²) in [6.07, 6.45) is 2.23. The molecule has 1 fully saturated rings. The monoisotopic (exact) mass is 482 g/mol. The number of hydrogen-bond acceptors (Lipinski definition) is 4. The van der Waals surface area contributed by atoms with E-state index in [1.807, 2.05) is 32.0 Å². The van der Waals surface area contributed by atoms with Crippen molar-refractivity contribution in [3.8, 4) is 5.69 Å². The minimum absolute atomic E-state index is 0.238. The summed E-state index contributed by atoms with van der Waals surface area (Å²) in [5.74, 6) is -1.57. The molecule has 1 unspecified atom stereocenters. The Morgan fingerprint density at radius 1 is 1.06 bits per heavy atom. The number of nitrogens with one attached hydrogen (secondary N) is 1. The van der Waals surface area contributed by atoms with E-state index in [0.29, 0.717) is 35.8 Å². The van der Waals surface area contributed by atoms with E-state index in [2.05, 4.69) is 10.4 Å². The number of fused-ring (bicyclic) bond motifs is 1.